The number of nitrogens with zero attached hydrogens (tertiary/aromatic N) is 3. The summed E-state index contributed by atoms with van der Waals surface area (Å²) < 4.78 is 1.40. The molecule has 7 nitrogen and oxygen atoms in total. The molecule has 23 heavy (non-hydrogen) atoms. The highest BCUT2D eigenvalue weighted by molar-refractivity contribution is 6.30. The number of carboxylic acid groups (broad SMARTS) is 1. The molecule has 8 heteroatoms. The van der Waals surface area contributed by atoms with Gasteiger partial charge in [-0.25, -0.2) is 9.48 Å². The van der Waals surface area contributed by atoms with Crippen LogP contribution in [0.5, 0.6) is 0 Å². The predicted octanol–water partition coefficient (Wildman–Crippen LogP) is 2.15. The maximum atomic E-state index is 12.1. The molecule has 0 radical (unpaired) electrons. The van der Waals surface area contributed by atoms with Crippen LogP contribution in [0, 0.1) is 5.92 Å². The number of carboxylic acids is 1. The van der Waals surface area contributed by atoms with Gasteiger partial charge in [0.2, 0.25) is 0 Å². The molecule has 0 saturated heterocycles. The van der Waals surface area contributed by atoms with Gasteiger partial charge in [0.25, 0.3) is 5.91 Å². The largest absolute Gasteiger partial charge is 0.480 e. The zero-order valence-corrected chi connectivity index (χ0v) is 13.5. The summed E-state index contributed by atoms with van der Waals surface area (Å²) in [6, 6.07) is 5.96. The van der Waals surface area contributed by atoms with E-state index < -0.39 is 17.9 Å². The molecule has 0 spiro atoms. The highest BCUT2D eigenvalue weighted by Crippen LogP contribution is 2.14. The molecule has 0 bridgehead atoms. The van der Waals surface area contributed by atoms with E-state index in [4.69, 9.17) is 16.7 Å². The Hall–Kier alpha value is -2.41. The van der Waals surface area contributed by atoms with Gasteiger partial charge in [0.05, 0.1) is 11.9 Å². The number of benzene rings is 1. The summed E-state index contributed by atoms with van der Waals surface area (Å²) in [5.41, 5.74) is 0.695. The first-order valence-corrected chi connectivity index (χ1v) is 7.46. The molecule has 2 aromatic rings. The summed E-state index contributed by atoms with van der Waals surface area (Å²) in [6.07, 6.45) is 1.76. The first-order chi connectivity index (χ1) is 10.9. The number of carbonyl (C=O) groups is 2. The van der Waals surface area contributed by atoms with Crippen molar-refractivity contribution in [3.05, 3.63) is 41.2 Å². The van der Waals surface area contributed by atoms with Gasteiger partial charge in [-0.2, -0.15) is 0 Å². The molecule has 0 unspecified atom stereocenters. The van der Waals surface area contributed by atoms with Crippen LogP contribution < -0.4 is 5.32 Å². The Labute approximate surface area is 138 Å². The van der Waals surface area contributed by atoms with Crippen LogP contribution in [0.3, 0.4) is 0 Å². The topological polar surface area (TPSA) is 97.1 Å². The number of aliphatic carboxylic acids is 1. The summed E-state index contributed by atoms with van der Waals surface area (Å²) in [4.78, 5) is 23.3. The fraction of sp³-hybridized carbons (Fsp3) is 0.333. The van der Waals surface area contributed by atoms with E-state index in [9.17, 15) is 9.59 Å². The van der Waals surface area contributed by atoms with Crippen LogP contribution in [-0.4, -0.2) is 38.0 Å². The lowest BCUT2D eigenvalue weighted by Gasteiger charge is -2.15. The predicted molar refractivity (Wildman–Crippen MR) is 84.7 cm³/mol. The summed E-state index contributed by atoms with van der Waals surface area (Å²) in [5.74, 6) is -1.51. The first kappa shape index (κ1) is 17.0. The third-order valence-electron chi connectivity index (χ3n) is 3.11. The minimum Gasteiger partial charge on any atom is -0.480 e. The van der Waals surface area contributed by atoms with E-state index >= 15 is 0 Å². The van der Waals surface area contributed by atoms with Gasteiger partial charge in [0.15, 0.2) is 5.69 Å². The molecule has 1 amide bonds. The number of hydrogen-bond donors (Lipinski definition) is 2. The van der Waals surface area contributed by atoms with Crippen LogP contribution in [0.15, 0.2) is 30.5 Å². The minimum atomic E-state index is -1.07. The van der Waals surface area contributed by atoms with Crippen molar-refractivity contribution in [1.29, 1.82) is 0 Å². The number of halogens is 1. The monoisotopic (exact) mass is 336 g/mol. The molecule has 122 valence electrons. The zero-order chi connectivity index (χ0) is 17.0. The van der Waals surface area contributed by atoms with Crippen LogP contribution in [0.2, 0.25) is 5.02 Å². The van der Waals surface area contributed by atoms with Gasteiger partial charge in [0, 0.05) is 5.02 Å². The van der Waals surface area contributed by atoms with Crippen LogP contribution in [0.4, 0.5) is 0 Å². The molecule has 2 rings (SSSR count). The zero-order valence-electron chi connectivity index (χ0n) is 12.7. The van der Waals surface area contributed by atoms with E-state index in [-0.39, 0.29) is 11.6 Å². The van der Waals surface area contributed by atoms with E-state index in [0.717, 1.165) is 0 Å². The Bertz CT molecular complexity index is 714. The number of nitrogens with one attached hydrogen (secondary N) is 1. The molecule has 0 saturated carbocycles. The average molecular weight is 337 g/mol. The van der Waals surface area contributed by atoms with Crippen LogP contribution >= 0.6 is 11.6 Å². The van der Waals surface area contributed by atoms with Gasteiger partial charge in [-0.05, 0) is 30.5 Å². The van der Waals surface area contributed by atoms with Gasteiger partial charge < -0.3 is 10.4 Å². The fourth-order valence-electron chi connectivity index (χ4n) is 2.04. The lowest BCUT2D eigenvalue weighted by Crippen LogP contribution is -2.41. The van der Waals surface area contributed by atoms with Crippen molar-refractivity contribution in [3.8, 4) is 5.69 Å². The van der Waals surface area contributed by atoms with Crippen molar-refractivity contribution in [2.24, 2.45) is 5.92 Å². The van der Waals surface area contributed by atoms with Gasteiger partial charge in [-0.1, -0.05) is 36.7 Å². The van der Waals surface area contributed by atoms with Crippen molar-refractivity contribution >= 4 is 23.5 Å². The number of hydrogen-bond acceptors (Lipinski definition) is 4. The second kappa shape index (κ2) is 7.23. The summed E-state index contributed by atoms with van der Waals surface area (Å²) in [6.45, 7) is 3.77. The van der Waals surface area contributed by atoms with Crippen molar-refractivity contribution in [3.63, 3.8) is 0 Å². The number of carbonyl (C=O) groups excluding carboxylic acids is 1. The molecule has 2 N–H and O–H groups in total. The molecule has 1 atom stereocenters. The smallest absolute Gasteiger partial charge is 0.326 e. The summed E-state index contributed by atoms with van der Waals surface area (Å²) in [7, 11) is 0. The van der Waals surface area contributed by atoms with Crippen LogP contribution in [0.1, 0.15) is 30.8 Å². The lowest BCUT2D eigenvalue weighted by molar-refractivity contribution is -0.139. The average Bonchev–Trinajstić information content (AvgIpc) is 2.95. The Balaban J connectivity index is 2.13. The van der Waals surface area contributed by atoms with E-state index in [1.165, 1.54) is 10.9 Å². The van der Waals surface area contributed by atoms with Crippen LogP contribution in [0.25, 0.3) is 5.69 Å². The van der Waals surface area contributed by atoms with E-state index in [1.54, 1.807) is 24.3 Å². The third-order valence-corrected chi connectivity index (χ3v) is 3.34. The van der Waals surface area contributed by atoms with Gasteiger partial charge in [0.1, 0.15) is 6.04 Å². The lowest BCUT2D eigenvalue weighted by atomic mass is 10.0. The quantitative estimate of drug-likeness (QED) is 0.842. The molecular weight excluding hydrogens is 320 g/mol. The van der Waals surface area contributed by atoms with Gasteiger partial charge in [-0.15, -0.1) is 5.10 Å². The number of amides is 1. The SMILES string of the molecule is CC(C)C[C@@H](NC(=O)c1cn(-c2cccc(Cl)c2)nn1)C(=O)O. The van der Waals surface area contributed by atoms with Crippen LogP contribution in [-0.2, 0) is 4.79 Å². The van der Waals surface area contributed by atoms with Crippen molar-refractivity contribution in [2.45, 2.75) is 26.3 Å². The number of aromatic nitrogens is 3. The molecule has 0 aliphatic heterocycles. The second-order valence-corrected chi connectivity index (χ2v) is 5.96. The van der Waals surface area contributed by atoms with Crippen molar-refractivity contribution < 1.29 is 14.7 Å². The Morgan fingerprint density at radius 2 is 2.13 bits per heavy atom. The van der Waals surface area contributed by atoms with E-state index in [1.807, 2.05) is 13.8 Å². The third kappa shape index (κ3) is 4.53. The van der Waals surface area contributed by atoms with Gasteiger partial charge in [-0.3, -0.25) is 4.79 Å². The van der Waals surface area contributed by atoms with Gasteiger partial charge >= 0.3 is 5.97 Å². The molecular formula is C15H17ClN4O3. The Kier molecular flexibility index (Phi) is 5.33. The molecule has 0 aliphatic carbocycles. The summed E-state index contributed by atoms with van der Waals surface area (Å²) >= 11 is 5.91. The molecule has 1 aromatic heterocycles. The maximum Gasteiger partial charge on any atom is 0.326 e. The van der Waals surface area contributed by atoms with Crippen molar-refractivity contribution in [1.82, 2.24) is 20.3 Å². The highest BCUT2D eigenvalue weighted by Gasteiger charge is 2.23. The maximum absolute atomic E-state index is 12.1. The second-order valence-electron chi connectivity index (χ2n) is 5.52. The highest BCUT2D eigenvalue weighted by atomic mass is 35.5. The van der Waals surface area contributed by atoms with E-state index in [2.05, 4.69) is 15.6 Å². The minimum absolute atomic E-state index is 0.0416. The Morgan fingerprint density at radius 1 is 1.39 bits per heavy atom. The standard InChI is InChI=1S/C15H17ClN4O3/c1-9(2)6-12(15(22)23)17-14(21)13-8-20(19-18-13)11-5-3-4-10(16)7-11/h3-5,7-9,12H,6H2,1-2H3,(H,17,21)(H,22,23)/t12-/m1/s1. The molecule has 1 heterocycles. The van der Waals surface area contributed by atoms with E-state index in [0.29, 0.717) is 17.1 Å². The molecule has 1 aromatic carbocycles. The Morgan fingerprint density at radius 3 is 2.74 bits per heavy atom. The fourth-order valence-corrected chi connectivity index (χ4v) is 2.22. The number of rotatable bonds is 6. The normalized spacial score (nSPS) is 12.2. The molecule has 0 aliphatic rings. The first-order valence-electron chi connectivity index (χ1n) is 7.08. The summed E-state index contributed by atoms with van der Waals surface area (Å²) in [5, 5.41) is 19.8. The molecule has 0 fully saturated rings. The van der Waals surface area contributed by atoms with Crippen molar-refractivity contribution in [2.75, 3.05) is 0 Å².